The van der Waals surface area contributed by atoms with Crippen LogP contribution >= 0.6 is 0 Å². The normalized spacial score (nSPS) is 11.5. The van der Waals surface area contributed by atoms with E-state index in [0.29, 0.717) is 11.2 Å². The quantitative estimate of drug-likeness (QED) is 0.768. The standard InChI is InChI=1S/C11H16N5O/c1-4-6(2)5-7-13-8-9(16(7)3)14-11(12)15-10(8)17/h4-5H2,1-3H3,(H3,12,14,15,17)/q-1. The topological polar surface area (TPSA) is 89.6 Å². The lowest BCUT2D eigenvalue weighted by molar-refractivity contribution is 0.751. The zero-order valence-electron chi connectivity index (χ0n) is 10.2. The number of hydrogen-bond donors (Lipinski definition) is 2. The molecule has 2 heterocycles. The highest BCUT2D eigenvalue weighted by Gasteiger charge is 2.11. The fourth-order valence-electron chi connectivity index (χ4n) is 1.69. The summed E-state index contributed by atoms with van der Waals surface area (Å²) in [4.78, 5) is 22.5. The molecule has 0 aromatic carbocycles. The SMILES string of the molecule is CC[C-](C)Cc1nc2c(=O)[nH]c(N)nc2n1C. The first-order valence-corrected chi connectivity index (χ1v) is 5.55. The molecule has 6 heteroatoms. The number of aromatic amines is 1. The Hall–Kier alpha value is -1.85. The van der Waals surface area contributed by atoms with Gasteiger partial charge in [-0.3, -0.25) is 9.78 Å². The summed E-state index contributed by atoms with van der Waals surface area (Å²) in [6.07, 6.45) is 1.75. The number of nitrogens with two attached hydrogens (primary N) is 1. The highest BCUT2D eigenvalue weighted by atomic mass is 16.1. The smallest absolute Gasteiger partial charge is 0.280 e. The predicted octanol–water partition coefficient (Wildman–Crippen LogP) is 0.786. The van der Waals surface area contributed by atoms with Gasteiger partial charge in [0.1, 0.15) is 0 Å². The molecule has 0 radical (unpaired) electrons. The Morgan fingerprint density at radius 2 is 2.18 bits per heavy atom. The maximum atomic E-state index is 11.7. The van der Waals surface area contributed by atoms with Gasteiger partial charge in [0, 0.05) is 7.05 Å². The largest absolute Gasteiger partial charge is 0.369 e. The van der Waals surface area contributed by atoms with Crippen molar-refractivity contribution in [1.82, 2.24) is 19.5 Å². The van der Waals surface area contributed by atoms with Crippen molar-refractivity contribution in [3.05, 3.63) is 22.1 Å². The van der Waals surface area contributed by atoms with Crippen molar-refractivity contribution in [2.75, 3.05) is 5.73 Å². The highest BCUT2D eigenvalue weighted by molar-refractivity contribution is 5.71. The molecule has 0 atom stereocenters. The van der Waals surface area contributed by atoms with Crippen LogP contribution in [0.3, 0.4) is 0 Å². The third-order valence-electron chi connectivity index (χ3n) is 2.90. The summed E-state index contributed by atoms with van der Waals surface area (Å²) in [5, 5.41) is 0. The molecule has 0 saturated heterocycles. The molecule has 0 saturated carbocycles. The number of fused-ring (bicyclic) bond motifs is 1. The molecule has 92 valence electrons. The fourth-order valence-corrected chi connectivity index (χ4v) is 1.69. The molecule has 0 fully saturated rings. The highest BCUT2D eigenvalue weighted by Crippen LogP contribution is 2.15. The first-order valence-electron chi connectivity index (χ1n) is 5.55. The van der Waals surface area contributed by atoms with E-state index in [0.717, 1.165) is 18.7 Å². The molecule has 6 nitrogen and oxygen atoms in total. The van der Waals surface area contributed by atoms with Gasteiger partial charge in [0.05, 0.1) is 5.82 Å². The van der Waals surface area contributed by atoms with Gasteiger partial charge in [0.25, 0.3) is 5.56 Å². The third kappa shape index (κ3) is 2.02. The first kappa shape index (κ1) is 11.6. The molecule has 2 rings (SSSR count). The number of aryl methyl sites for hydroxylation is 1. The molecule has 0 aliphatic heterocycles. The minimum absolute atomic E-state index is 0.119. The summed E-state index contributed by atoms with van der Waals surface area (Å²) in [6.45, 7) is 4.17. The van der Waals surface area contributed by atoms with E-state index < -0.39 is 0 Å². The molecule has 2 aromatic heterocycles. The van der Waals surface area contributed by atoms with Crippen molar-refractivity contribution in [1.29, 1.82) is 0 Å². The van der Waals surface area contributed by atoms with Crippen LogP contribution in [0.2, 0.25) is 0 Å². The van der Waals surface area contributed by atoms with E-state index in [1.807, 2.05) is 11.6 Å². The van der Waals surface area contributed by atoms with Crippen LogP contribution in [-0.2, 0) is 13.5 Å². The van der Waals surface area contributed by atoms with Gasteiger partial charge in [-0.25, -0.2) is 4.98 Å². The van der Waals surface area contributed by atoms with Gasteiger partial charge in [-0.1, -0.05) is 6.92 Å². The van der Waals surface area contributed by atoms with Crippen molar-refractivity contribution >= 4 is 17.1 Å². The minimum atomic E-state index is -0.288. The van der Waals surface area contributed by atoms with Gasteiger partial charge in [0.15, 0.2) is 11.2 Å². The van der Waals surface area contributed by atoms with Crippen LogP contribution < -0.4 is 11.3 Å². The zero-order chi connectivity index (χ0) is 12.6. The van der Waals surface area contributed by atoms with Crippen LogP contribution in [-0.4, -0.2) is 19.5 Å². The lowest BCUT2D eigenvalue weighted by atomic mass is 10.1. The number of anilines is 1. The Kier molecular flexibility index (Phi) is 2.87. The molecular weight excluding hydrogens is 218 g/mol. The summed E-state index contributed by atoms with van der Waals surface area (Å²) in [6, 6.07) is 0. The molecule has 3 N–H and O–H groups in total. The third-order valence-corrected chi connectivity index (χ3v) is 2.90. The van der Waals surface area contributed by atoms with Crippen molar-refractivity contribution in [2.45, 2.75) is 26.7 Å². The number of imidazole rings is 1. The monoisotopic (exact) mass is 234 g/mol. The van der Waals surface area contributed by atoms with Crippen molar-refractivity contribution < 1.29 is 0 Å². The number of hydrogen-bond acceptors (Lipinski definition) is 4. The van der Waals surface area contributed by atoms with Crippen LogP contribution in [0, 0.1) is 5.92 Å². The molecular formula is C11H16N5O-. The van der Waals surface area contributed by atoms with Crippen molar-refractivity contribution in [3.63, 3.8) is 0 Å². The Morgan fingerprint density at radius 1 is 1.47 bits per heavy atom. The number of aromatic nitrogens is 4. The van der Waals surface area contributed by atoms with E-state index in [2.05, 4.69) is 28.8 Å². The van der Waals surface area contributed by atoms with Crippen LogP contribution in [0.5, 0.6) is 0 Å². The van der Waals surface area contributed by atoms with Crippen LogP contribution in [0.1, 0.15) is 26.1 Å². The van der Waals surface area contributed by atoms with Gasteiger partial charge >= 0.3 is 0 Å². The molecule has 2 aromatic rings. The number of rotatable bonds is 3. The average Bonchev–Trinajstić information content (AvgIpc) is 2.57. The Balaban J connectivity index is 2.57. The van der Waals surface area contributed by atoms with Gasteiger partial charge in [-0.15, -0.1) is 6.42 Å². The van der Waals surface area contributed by atoms with Crippen LogP contribution in [0.25, 0.3) is 11.2 Å². The zero-order valence-corrected chi connectivity index (χ0v) is 10.2. The van der Waals surface area contributed by atoms with Crippen LogP contribution in [0.15, 0.2) is 4.79 Å². The average molecular weight is 234 g/mol. The van der Waals surface area contributed by atoms with Gasteiger partial charge < -0.3 is 16.2 Å². The number of nitrogens with one attached hydrogen (secondary N) is 1. The summed E-state index contributed by atoms with van der Waals surface area (Å²) < 4.78 is 1.82. The number of nitrogens with zero attached hydrogens (tertiary/aromatic N) is 3. The van der Waals surface area contributed by atoms with E-state index in [-0.39, 0.29) is 11.5 Å². The van der Waals surface area contributed by atoms with Gasteiger partial charge in [0.2, 0.25) is 5.95 Å². The van der Waals surface area contributed by atoms with Crippen LogP contribution in [0.4, 0.5) is 5.95 Å². The molecule has 0 aliphatic carbocycles. The van der Waals surface area contributed by atoms with Gasteiger partial charge in [-0.05, 0) is 0 Å². The minimum Gasteiger partial charge on any atom is -0.369 e. The maximum Gasteiger partial charge on any atom is 0.280 e. The summed E-state index contributed by atoms with van der Waals surface area (Å²) in [7, 11) is 1.85. The predicted molar refractivity (Wildman–Crippen MR) is 66.5 cm³/mol. The second kappa shape index (κ2) is 4.20. The van der Waals surface area contributed by atoms with E-state index >= 15 is 0 Å². The lowest BCUT2D eigenvalue weighted by Gasteiger charge is -2.20. The molecule has 0 unspecified atom stereocenters. The fraction of sp³-hybridized carbons (Fsp3) is 0.455. The Labute approximate surface area is 98.9 Å². The van der Waals surface area contributed by atoms with E-state index in [4.69, 9.17) is 5.73 Å². The maximum absolute atomic E-state index is 11.7. The molecule has 0 aliphatic rings. The molecule has 0 bridgehead atoms. The number of H-pyrrole nitrogens is 1. The number of nitrogen functional groups attached to an aromatic ring is 1. The summed E-state index contributed by atoms with van der Waals surface area (Å²) in [5.41, 5.74) is 6.11. The van der Waals surface area contributed by atoms with Crippen molar-refractivity contribution in [2.24, 2.45) is 7.05 Å². The first-order chi connectivity index (χ1) is 8.02. The van der Waals surface area contributed by atoms with Gasteiger partial charge in [-0.2, -0.15) is 18.3 Å². The van der Waals surface area contributed by atoms with Crippen molar-refractivity contribution in [3.8, 4) is 0 Å². The second-order valence-corrected chi connectivity index (χ2v) is 4.20. The van der Waals surface area contributed by atoms with E-state index in [1.54, 1.807) is 0 Å². The second-order valence-electron chi connectivity index (χ2n) is 4.20. The molecule has 0 spiro atoms. The Morgan fingerprint density at radius 3 is 2.82 bits per heavy atom. The Bertz CT molecular complexity index is 598. The molecule has 0 amide bonds. The summed E-state index contributed by atoms with van der Waals surface area (Å²) >= 11 is 0. The summed E-state index contributed by atoms with van der Waals surface area (Å²) in [5.74, 6) is 2.27. The lowest BCUT2D eigenvalue weighted by Crippen LogP contribution is -2.11. The van der Waals surface area contributed by atoms with E-state index in [1.165, 1.54) is 5.92 Å². The van der Waals surface area contributed by atoms with E-state index in [9.17, 15) is 4.79 Å². The molecule has 17 heavy (non-hydrogen) atoms.